The van der Waals surface area contributed by atoms with Gasteiger partial charge in [0.25, 0.3) is 0 Å². The van der Waals surface area contributed by atoms with Crippen LogP contribution in [0.2, 0.25) is 0 Å². The Morgan fingerprint density at radius 1 is 0.844 bits per heavy atom. The lowest BCUT2D eigenvalue weighted by molar-refractivity contribution is -0.140. The highest BCUT2D eigenvalue weighted by Crippen LogP contribution is 2.41. The Morgan fingerprint density at radius 3 is 2.00 bits per heavy atom. The first kappa shape index (κ1) is 23.3. The lowest BCUT2D eigenvalue weighted by Gasteiger charge is -2.09. The molecule has 4 rings (SSSR count). The summed E-state index contributed by atoms with van der Waals surface area (Å²) >= 11 is -0.351. The van der Waals surface area contributed by atoms with Crippen LogP contribution >= 0.6 is 12.3 Å². The summed E-state index contributed by atoms with van der Waals surface area (Å²) in [7, 11) is 0. The molecule has 0 aliphatic rings. The molecule has 0 unspecified atom stereocenters. The standard InChI is InChI=1S/C21H13F4N3OS.C2H6/c22-21(23,24)19-18(14-4-2-1-3-5-14)28(30-25)20(27-19)15-8-11-17(26-12-15)13-6-9-16(29)10-7-13;1-2/h1-12,29H;1-2H3. The first-order chi connectivity index (χ1) is 15.4. The second kappa shape index (κ2) is 9.86. The molecule has 0 spiro atoms. The first-order valence-electron chi connectivity index (χ1n) is 9.69. The zero-order chi connectivity index (χ0) is 23.3. The summed E-state index contributed by atoms with van der Waals surface area (Å²) in [6, 6.07) is 17.2. The number of hydrogen-bond acceptors (Lipinski definition) is 4. The molecule has 0 fully saturated rings. The minimum absolute atomic E-state index is 0.102. The third-order valence-corrected chi connectivity index (χ3v) is 4.90. The van der Waals surface area contributed by atoms with E-state index in [9.17, 15) is 22.2 Å². The van der Waals surface area contributed by atoms with Crippen LogP contribution in [-0.2, 0) is 6.18 Å². The maximum absolute atomic E-state index is 13.8. The van der Waals surface area contributed by atoms with Crippen LogP contribution in [0.25, 0.3) is 33.9 Å². The summed E-state index contributed by atoms with van der Waals surface area (Å²) in [6.45, 7) is 4.00. The Hall–Kier alpha value is -3.33. The number of halogens is 4. The van der Waals surface area contributed by atoms with Crippen molar-refractivity contribution in [2.24, 2.45) is 0 Å². The van der Waals surface area contributed by atoms with Gasteiger partial charge in [0.1, 0.15) is 5.75 Å². The molecule has 2 aromatic carbocycles. The van der Waals surface area contributed by atoms with Gasteiger partial charge in [-0.3, -0.25) is 4.98 Å². The molecule has 4 aromatic rings. The van der Waals surface area contributed by atoms with Gasteiger partial charge in [-0.1, -0.05) is 44.2 Å². The molecule has 4 nitrogen and oxygen atoms in total. The zero-order valence-corrected chi connectivity index (χ0v) is 18.0. The summed E-state index contributed by atoms with van der Waals surface area (Å²) in [5.41, 5.74) is 0.148. The average molecular weight is 461 g/mol. The van der Waals surface area contributed by atoms with Crippen molar-refractivity contribution in [2.45, 2.75) is 20.0 Å². The van der Waals surface area contributed by atoms with Crippen LogP contribution in [0.1, 0.15) is 19.5 Å². The van der Waals surface area contributed by atoms with E-state index in [1.54, 1.807) is 36.4 Å². The van der Waals surface area contributed by atoms with Crippen molar-refractivity contribution in [3.8, 4) is 39.7 Å². The summed E-state index contributed by atoms with van der Waals surface area (Å²) < 4.78 is 55.6. The molecule has 0 aliphatic carbocycles. The van der Waals surface area contributed by atoms with Crippen LogP contribution < -0.4 is 0 Å². The number of hydrogen-bond donors (Lipinski definition) is 1. The maximum atomic E-state index is 13.8. The molecule has 2 aromatic heterocycles. The molecular formula is C23H19F4N3OS. The van der Waals surface area contributed by atoms with E-state index < -0.39 is 11.9 Å². The third kappa shape index (κ3) is 4.77. The van der Waals surface area contributed by atoms with Gasteiger partial charge in [-0.15, -0.1) is 3.89 Å². The van der Waals surface area contributed by atoms with Crippen LogP contribution in [-0.4, -0.2) is 19.0 Å². The topological polar surface area (TPSA) is 50.9 Å². The number of aromatic nitrogens is 3. The van der Waals surface area contributed by atoms with Crippen LogP contribution in [0.3, 0.4) is 0 Å². The summed E-state index contributed by atoms with van der Waals surface area (Å²) in [5, 5.41) is 9.38. The molecule has 0 amide bonds. The van der Waals surface area contributed by atoms with Crippen molar-refractivity contribution in [1.29, 1.82) is 0 Å². The van der Waals surface area contributed by atoms with Crippen molar-refractivity contribution >= 4 is 12.3 Å². The Balaban J connectivity index is 0.00000141. The summed E-state index contributed by atoms with van der Waals surface area (Å²) in [4.78, 5) is 7.97. The highest BCUT2D eigenvalue weighted by Gasteiger charge is 2.40. The largest absolute Gasteiger partial charge is 0.508 e. The fourth-order valence-electron chi connectivity index (χ4n) is 3.03. The van der Waals surface area contributed by atoms with Crippen LogP contribution in [0.5, 0.6) is 5.75 Å². The Labute approximate surface area is 187 Å². The number of aromatic hydroxyl groups is 1. The molecular weight excluding hydrogens is 442 g/mol. The van der Waals surface area contributed by atoms with Crippen molar-refractivity contribution in [3.63, 3.8) is 0 Å². The monoisotopic (exact) mass is 461 g/mol. The third-order valence-electron chi connectivity index (χ3n) is 4.41. The number of nitrogens with zero attached hydrogens (tertiary/aromatic N) is 3. The zero-order valence-electron chi connectivity index (χ0n) is 17.1. The predicted octanol–water partition coefficient (Wildman–Crippen LogP) is 7.41. The highest BCUT2D eigenvalue weighted by atomic mass is 32.2. The fourth-order valence-corrected chi connectivity index (χ4v) is 3.50. The number of imidazole rings is 1. The van der Waals surface area contributed by atoms with Crippen molar-refractivity contribution in [2.75, 3.05) is 0 Å². The number of alkyl halides is 3. The minimum atomic E-state index is -4.76. The Kier molecular flexibility index (Phi) is 7.19. The average Bonchev–Trinajstić information content (AvgIpc) is 3.22. The van der Waals surface area contributed by atoms with Gasteiger partial charge in [0, 0.05) is 22.9 Å². The van der Waals surface area contributed by atoms with E-state index in [1.807, 2.05) is 13.8 Å². The van der Waals surface area contributed by atoms with Crippen molar-refractivity contribution in [3.05, 3.63) is 78.6 Å². The number of benzene rings is 2. The van der Waals surface area contributed by atoms with E-state index in [1.165, 1.54) is 36.5 Å². The minimum Gasteiger partial charge on any atom is -0.508 e. The summed E-state index contributed by atoms with van der Waals surface area (Å²) in [5.74, 6) is -0.0936. The lowest BCUT2D eigenvalue weighted by Crippen LogP contribution is -2.08. The van der Waals surface area contributed by atoms with E-state index >= 15 is 0 Å². The predicted molar refractivity (Wildman–Crippen MR) is 118 cm³/mol. The van der Waals surface area contributed by atoms with Gasteiger partial charge in [0.05, 0.1) is 11.4 Å². The number of phenolic OH excluding ortho intramolecular Hbond substituents is 1. The summed E-state index contributed by atoms with van der Waals surface area (Å²) in [6.07, 6.45) is -3.42. The van der Waals surface area contributed by atoms with E-state index in [0.717, 1.165) is 3.97 Å². The SMILES string of the molecule is CC.Oc1ccc(-c2ccc(-c3nc(C(F)(F)F)c(-c4ccccc4)n3SF)cn2)cc1. The molecule has 9 heteroatoms. The van der Waals surface area contributed by atoms with Gasteiger partial charge < -0.3 is 5.11 Å². The number of phenols is 1. The molecule has 32 heavy (non-hydrogen) atoms. The smallest absolute Gasteiger partial charge is 0.435 e. The Bertz CT molecular complexity index is 1160. The lowest BCUT2D eigenvalue weighted by atomic mass is 10.1. The van der Waals surface area contributed by atoms with Gasteiger partial charge in [-0.2, -0.15) is 13.2 Å². The molecule has 0 radical (unpaired) electrons. The van der Waals surface area contributed by atoms with E-state index in [0.29, 0.717) is 11.3 Å². The van der Waals surface area contributed by atoms with Crippen LogP contribution in [0.4, 0.5) is 17.1 Å². The number of rotatable bonds is 4. The molecule has 0 aliphatic heterocycles. The molecule has 0 atom stereocenters. The van der Waals surface area contributed by atoms with Gasteiger partial charge in [-0.05, 0) is 36.4 Å². The van der Waals surface area contributed by atoms with Gasteiger partial charge in [0.2, 0.25) is 0 Å². The molecule has 0 saturated heterocycles. The second-order valence-corrected chi connectivity index (χ2v) is 6.84. The van der Waals surface area contributed by atoms with Gasteiger partial charge in [-0.25, -0.2) is 8.96 Å². The second-order valence-electron chi connectivity index (χ2n) is 6.34. The van der Waals surface area contributed by atoms with Crippen molar-refractivity contribution in [1.82, 2.24) is 13.9 Å². The highest BCUT2D eigenvalue weighted by molar-refractivity contribution is 7.92. The molecule has 2 heterocycles. The first-order valence-corrected chi connectivity index (χ1v) is 10.4. The molecule has 166 valence electrons. The fraction of sp³-hybridized carbons (Fsp3) is 0.130. The van der Waals surface area contributed by atoms with E-state index in [4.69, 9.17) is 0 Å². The quantitative estimate of drug-likeness (QED) is 0.322. The number of pyridine rings is 1. The Morgan fingerprint density at radius 2 is 1.47 bits per heavy atom. The van der Waals surface area contributed by atoms with Crippen LogP contribution in [0.15, 0.2) is 72.9 Å². The molecule has 0 bridgehead atoms. The maximum Gasteiger partial charge on any atom is 0.435 e. The van der Waals surface area contributed by atoms with Crippen molar-refractivity contribution < 1.29 is 22.2 Å². The normalized spacial score (nSPS) is 11.1. The van der Waals surface area contributed by atoms with E-state index in [-0.39, 0.29) is 40.7 Å². The van der Waals surface area contributed by atoms with Gasteiger partial charge in [0.15, 0.2) is 23.9 Å². The van der Waals surface area contributed by atoms with Crippen LogP contribution in [0, 0.1) is 0 Å². The van der Waals surface area contributed by atoms with E-state index in [2.05, 4.69) is 9.97 Å². The van der Waals surface area contributed by atoms with Gasteiger partial charge >= 0.3 is 6.18 Å². The molecule has 1 N–H and O–H groups in total. The molecule has 0 saturated carbocycles.